The number of hydrogen-bond acceptors (Lipinski definition) is 2. The summed E-state index contributed by atoms with van der Waals surface area (Å²) in [4.78, 5) is 4.71. The second-order valence-corrected chi connectivity index (χ2v) is 2.65. The van der Waals surface area contributed by atoms with Gasteiger partial charge in [0.25, 0.3) is 0 Å². The highest BCUT2D eigenvalue weighted by molar-refractivity contribution is 6.01. The van der Waals surface area contributed by atoms with Gasteiger partial charge in [0.1, 0.15) is 7.11 Å². The van der Waals surface area contributed by atoms with Gasteiger partial charge in [0, 0.05) is 5.57 Å². The molecule has 0 aromatic rings. The highest BCUT2D eigenvalue weighted by Gasteiger charge is 2.02. The highest BCUT2D eigenvalue weighted by Crippen LogP contribution is 2.11. The molecule has 0 unspecified atom stereocenters. The van der Waals surface area contributed by atoms with Crippen LogP contribution in [0, 0.1) is 0 Å². The van der Waals surface area contributed by atoms with Crippen molar-refractivity contribution in [3.63, 3.8) is 0 Å². The number of allylic oxidation sites excluding steroid dienone is 5. The fourth-order valence-corrected chi connectivity index (χ4v) is 0.997. The molecule has 0 rings (SSSR count). The van der Waals surface area contributed by atoms with Gasteiger partial charge in [-0.05, 0) is 26.3 Å². The van der Waals surface area contributed by atoms with Crippen LogP contribution in [0.1, 0.15) is 20.8 Å². The summed E-state index contributed by atoms with van der Waals surface area (Å²) in [6.07, 6.45) is 5.70. The fraction of sp³-hybridized carbons (Fsp3) is 0.364. The quantitative estimate of drug-likeness (QED) is 0.369. The van der Waals surface area contributed by atoms with E-state index in [9.17, 15) is 0 Å². The van der Waals surface area contributed by atoms with Crippen molar-refractivity contribution in [1.82, 2.24) is 0 Å². The monoisotopic (exact) mass is 179 g/mol. The molecule has 0 N–H and O–H groups in total. The molecule has 0 aromatic heterocycles. The molecular weight excluding hydrogens is 162 g/mol. The maximum Gasteiger partial charge on any atom is 0.106 e. The number of rotatable bonds is 4. The van der Waals surface area contributed by atoms with Gasteiger partial charge in [0.15, 0.2) is 0 Å². The minimum absolute atomic E-state index is 0.859. The zero-order valence-corrected chi connectivity index (χ0v) is 8.79. The fourth-order valence-electron chi connectivity index (χ4n) is 0.997. The highest BCUT2D eigenvalue weighted by atomic mass is 16.6. The summed E-state index contributed by atoms with van der Waals surface area (Å²) >= 11 is 0. The van der Waals surface area contributed by atoms with E-state index in [0.29, 0.717) is 0 Å². The van der Waals surface area contributed by atoms with Crippen LogP contribution in [0.2, 0.25) is 0 Å². The lowest BCUT2D eigenvalue weighted by molar-refractivity contribution is 0.213. The average molecular weight is 179 g/mol. The van der Waals surface area contributed by atoms with Crippen LogP contribution in [0.5, 0.6) is 0 Å². The summed E-state index contributed by atoms with van der Waals surface area (Å²) in [6.45, 7) is 9.59. The summed E-state index contributed by atoms with van der Waals surface area (Å²) in [5.74, 6) is 0. The van der Waals surface area contributed by atoms with Crippen LogP contribution in [0.25, 0.3) is 0 Å². The maximum atomic E-state index is 4.71. The van der Waals surface area contributed by atoms with E-state index in [1.165, 1.54) is 5.57 Å². The molecular formula is C11H17NO. The van der Waals surface area contributed by atoms with Gasteiger partial charge in [-0.2, -0.15) is 0 Å². The van der Waals surface area contributed by atoms with E-state index in [1.54, 1.807) is 13.2 Å². The molecule has 0 heterocycles. The molecule has 2 heteroatoms. The van der Waals surface area contributed by atoms with E-state index >= 15 is 0 Å². The SMILES string of the molecule is C=C/C=C(C(\C)=C/C)/C(C)=N\OC. The van der Waals surface area contributed by atoms with Crippen LogP contribution in [0.4, 0.5) is 0 Å². The lowest BCUT2D eigenvalue weighted by Crippen LogP contribution is -1.99. The Bertz CT molecular complexity index is 259. The predicted molar refractivity (Wildman–Crippen MR) is 57.8 cm³/mol. The molecule has 0 saturated heterocycles. The van der Waals surface area contributed by atoms with Crippen molar-refractivity contribution in [2.75, 3.05) is 7.11 Å². The third-order valence-corrected chi connectivity index (χ3v) is 1.76. The lowest BCUT2D eigenvalue weighted by atomic mass is 10.0. The van der Waals surface area contributed by atoms with E-state index in [-0.39, 0.29) is 0 Å². The largest absolute Gasteiger partial charge is 0.399 e. The Hall–Kier alpha value is -1.31. The van der Waals surface area contributed by atoms with Gasteiger partial charge in [-0.25, -0.2) is 0 Å². The maximum absolute atomic E-state index is 4.71. The zero-order valence-electron chi connectivity index (χ0n) is 8.79. The van der Waals surface area contributed by atoms with E-state index in [0.717, 1.165) is 11.3 Å². The molecule has 0 radical (unpaired) electrons. The molecule has 0 saturated carbocycles. The predicted octanol–water partition coefficient (Wildman–Crippen LogP) is 3.09. The van der Waals surface area contributed by atoms with Crippen molar-refractivity contribution < 1.29 is 4.84 Å². The van der Waals surface area contributed by atoms with Gasteiger partial charge in [-0.3, -0.25) is 0 Å². The summed E-state index contributed by atoms with van der Waals surface area (Å²) in [6, 6.07) is 0. The van der Waals surface area contributed by atoms with Gasteiger partial charge in [0.2, 0.25) is 0 Å². The molecule has 13 heavy (non-hydrogen) atoms. The molecule has 0 bridgehead atoms. The van der Waals surface area contributed by atoms with Crippen LogP contribution >= 0.6 is 0 Å². The standard InChI is InChI=1S/C11H17NO/c1-6-8-11(9(3)7-2)10(4)12-13-5/h6-8H,1H2,2-5H3/b9-7-,11-8+,12-10-. The first-order chi connectivity index (χ1) is 6.17. The smallest absolute Gasteiger partial charge is 0.106 e. The van der Waals surface area contributed by atoms with Crippen molar-refractivity contribution in [3.05, 3.63) is 36.0 Å². The van der Waals surface area contributed by atoms with Gasteiger partial charge in [-0.15, -0.1) is 0 Å². The Morgan fingerprint density at radius 1 is 1.38 bits per heavy atom. The third kappa shape index (κ3) is 3.74. The minimum atomic E-state index is 0.859. The lowest BCUT2D eigenvalue weighted by Gasteiger charge is -2.05. The van der Waals surface area contributed by atoms with Crippen LogP contribution in [0.15, 0.2) is 41.1 Å². The molecule has 72 valence electrons. The normalized spacial score (nSPS) is 14.3. The molecule has 0 atom stereocenters. The molecule has 0 aliphatic heterocycles. The Labute approximate surface area is 80.3 Å². The zero-order chi connectivity index (χ0) is 10.3. The third-order valence-electron chi connectivity index (χ3n) is 1.76. The molecule has 0 aliphatic carbocycles. The van der Waals surface area contributed by atoms with Gasteiger partial charge in [0.05, 0.1) is 5.71 Å². The molecule has 0 fully saturated rings. The molecule has 2 nitrogen and oxygen atoms in total. The van der Waals surface area contributed by atoms with E-state index < -0.39 is 0 Å². The van der Waals surface area contributed by atoms with Crippen molar-refractivity contribution in [3.8, 4) is 0 Å². The van der Waals surface area contributed by atoms with Crippen molar-refractivity contribution in [2.45, 2.75) is 20.8 Å². The Kier molecular flexibility index (Phi) is 5.60. The van der Waals surface area contributed by atoms with Crippen molar-refractivity contribution in [2.24, 2.45) is 5.16 Å². The van der Waals surface area contributed by atoms with E-state index in [2.05, 4.69) is 11.7 Å². The number of oxime groups is 1. The van der Waals surface area contributed by atoms with Crippen molar-refractivity contribution >= 4 is 5.71 Å². The first-order valence-corrected chi connectivity index (χ1v) is 4.21. The second kappa shape index (κ2) is 6.23. The van der Waals surface area contributed by atoms with Crippen LogP contribution < -0.4 is 0 Å². The van der Waals surface area contributed by atoms with E-state index in [4.69, 9.17) is 4.84 Å². The van der Waals surface area contributed by atoms with Gasteiger partial charge in [-0.1, -0.05) is 30.0 Å². The topological polar surface area (TPSA) is 21.6 Å². The van der Waals surface area contributed by atoms with E-state index in [1.807, 2.05) is 32.9 Å². The molecule has 0 amide bonds. The molecule has 0 aromatic carbocycles. The first kappa shape index (κ1) is 11.7. The summed E-state index contributed by atoms with van der Waals surface area (Å²) < 4.78 is 0. The van der Waals surface area contributed by atoms with Crippen molar-refractivity contribution in [1.29, 1.82) is 0 Å². The Morgan fingerprint density at radius 2 is 2.00 bits per heavy atom. The molecule has 0 spiro atoms. The average Bonchev–Trinajstić information content (AvgIpc) is 2.13. The Morgan fingerprint density at radius 3 is 2.38 bits per heavy atom. The summed E-state index contributed by atoms with van der Waals surface area (Å²) in [5.41, 5.74) is 3.08. The van der Waals surface area contributed by atoms with Crippen LogP contribution in [-0.2, 0) is 4.84 Å². The first-order valence-electron chi connectivity index (χ1n) is 4.21. The summed E-state index contributed by atoms with van der Waals surface area (Å²) in [7, 11) is 1.54. The Balaban J connectivity index is 4.94. The van der Waals surface area contributed by atoms with Crippen LogP contribution in [-0.4, -0.2) is 12.8 Å². The van der Waals surface area contributed by atoms with Crippen LogP contribution in [0.3, 0.4) is 0 Å². The number of nitrogens with zero attached hydrogens (tertiary/aromatic N) is 1. The second-order valence-electron chi connectivity index (χ2n) is 2.65. The number of hydrogen-bond donors (Lipinski definition) is 0. The van der Waals surface area contributed by atoms with Gasteiger partial charge < -0.3 is 4.84 Å². The minimum Gasteiger partial charge on any atom is -0.399 e. The summed E-state index contributed by atoms with van der Waals surface area (Å²) in [5, 5.41) is 3.87. The molecule has 0 aliphatic rings. The van der Waals surface area contributed by atoms with Gasteiger partial charge >= 0.3 is 0 Å².